The maximum Gasteiger partial charge on any atom is 0.144 e. The third kappa shape index (κ3) is 5.00. The maximum absolute atomic E-state index is 12.0. The molecule has 0 aliphatic rings. The van der Waals surface area contributed by atoms with Crippen molar-refractivity contribution >= 4 is 40.0 Å². The zero-order valence-electron chi connectivity index (χ0n) is 10.4. The molecule has 1 aromatic rings. The van der Waals surface area contributed by atoms with Gasteiger partial charge in [0.15, 0.2) is 0 Å². The standard InChI is InChI=1S/C12H18ClNOS2/c1-12(2,3)17(15)14-10(6-4-8-13)11-7-5-9-16-11/h5,7,9H,4,6,8H2,1-3H3/b14-10+. The Labute approximate surface area is 115 Å². The topological polar surface area (TPSA) is 35.4 Å². The predicted molar refractivity (Wildman–Crippen MR) is 78.7 cm³/mol. The van der Waals surface area contributed by atoms with E-state index < -0.39 is 11.4 Å². The van der Waals surface area contributed by atoms with Gasteiger partial charge in [0.1, 0.15) is 21.8 Å². The lowest BCUT2D eigenvalue weighted by Gasteiger charge is -2.19. The highest BCUT2D eigenvalue weighted by atomic mass is 35.5. The average molecular weight is 292 g/mol. The van der Waals surface area contributed by atoms with Gasteiger partial charge in [0, 0.05) is 5.88 Å². The number of thiophene rings is 1. The van der Waals surface area contributed by atoms with E-state index in [0.29, 0.717) is 5.88 Å². The van der Waals surface area contributed by atoms with Crippen LogP contribution in [-0.4, -0.2) is 20.9 Å². The van der Waals surface area contributed by atoms with Crippen molar-refractivity contribution < 1.29 is 4.55 Å². The van der Waals surface area contributed by atoms with Gasteiger partial charge in [-0.3, -0.25) is 0 Å². The molecule has 96 valence electrons. The molecule has 0 saturated carbocycles. The smallest absolute Gasteiger partial charge is 0.144 e. The van der Waals surface area contributed by atoms with Crippen molar-refractivity contribution in [2.45, 2.75) is 38.4 Å². The van der Waals surface area contributed by atoms with Crippen LogP contribution in [0.5, 0.6) is 0 Å². The third-order valence-electron chi connectivity index (χ3n) is 2.07. The number of halogens is 1. The summed E-state index contributed by atoms with van der Waals surface area (Å²) >= 11 is 6.13. The van der Waals surface area contributed by atoms with Gasteiger partial charge in [0.2, 0.25) is 0 Å². The van der Waals surface area contributed by atoms with Gasteiger partial charge >= 0.3 is 0 Å². The van der Waals surface area contributed by atoms with E-state index in [0.717, 1.165) is 23.4 Å². The van der Waals surface area contributed by atoms with E-state index in [4.69, 9.17) is 11.6 Å². The Morgan fingerprint density at radius 3 is 2.71 bits per heavy atom. The van der Waals surface area contributed by atoms with Gasteiger partial charge < -0.3 is 4.55 Å². The molecule has 0 N–H and O–H groups in total. The van der Waals surface area contributed by atoms with E-state index in [-0.39, 0.29) is 4.75 Å². The van der Waals surface area contributed by atoms with Crippen LogP contribution in [0.4, 0.5) is 0 Å². The Morgan fingerprint density at radius 1 is 1.53 bits per heavy atom. The van der Waals surface area contributed by atoms with E-state index in [1.165, 1.54) is 0 Å². The van der Waals surface area contributed by atoms with Gasteiger partial charge in [-0.15, -0.1) is 22.9 Å². The Kier molecular flexibility index (Phi) is 6.00. The van der Waals surface area contributed by atoms with Crippen LogP contribution in [-0.2, 0) is 11.4 Å². The SMILES string of the molecule is CC(C)(C)[S+]([O-])/N=C(\CCCCl)c1cccs1. The molecule has 0 saturated heterocycles. The first kappa shape index (κ1) is 15.0. The first-order valence-corrected chi connectivity index (χ1v) is 8.06. The Balaban J connectivity index is 2.87. The molecule has 0 aromatic carbocycles. The summed E-state index contributed by atoms with van der Waals surface area (Å²) in [5.74, 6) is 0.604. The van der Waals surface area contributed by atoms with Crippen LogP contribution in [0.2, 0.25) is 0 Å². The maximum atomic E-state index is 12.0. The quantitative estimate of drug-likeness (QED) is 0.458. The molecule has 1 atom stereocenters. The fourth-order valence-electron chi connectivity index (χ4n) is 1.13. The molecule has 1 unspecified atom stereocenters. The highest BCUT2D eigenvalue weighted by molar-refractivity contribution is 7.91. The van der Waals surface area contributed by atoms with Crippen LogP contribution >= 0.6 is 22.9 Å². The molecule has 0 amide bonds. The molecule has 0 aliphatic carbocycles. The number of rotatable bonds is 5. The van der Waals surface area contributed by atoms with E-state index in [9.17, 15) is 4.55 Å². The number of hydrogen-bond donors (Lipinski definition) is 0. The Bertz CT molecular complexity index is 357. The summed E-state index contributed by atoms with van der Waals surface area (Å²) in [7, 11) is 0. The summed E-state index contributed by atoms with van der Waals surface area (Å²) in [6.07, 6.45) is 1.64. The second-order valence-corrected chi connectivity index (χ2v) is 7.90. The minimum Gasteiger partial charge on any atom is -0.591 e. The first-order chi connectivity index (χ1) is 7.95. The normalized spacial score (nSPS) is 15.0. The summed E-state index contributed by atoms with van der Waals surface area (Å²) in [6.45, 7) is 5.79. The predicted octanol–water partition coefficient (Wildman–Crippen LogP) is 4.02. The van der Waals surface area contributed by atoms with Gasteiger partial charge in [-0.2, -0.15) is 0 Å². The lowest BCUT2D eigenvalue weighted by atomic mass is 10.2. The minimum absolute atomic E-state index is 0.316. The van der Waals surface area contributed by atoms with Crippen molar-refractivity contribution in [3.8, 4) is 0 Å². The number of hydrogen-bond acceptors (Lipinski definition) is 3. The summed E-state index contributed by atoms with van der Waals surface area (Å²) in [6, 6.07) is 3.99. The van der Waals surface area contributed by atoms with Crippen molar-refractivity contribution in [2.75, 3.05) is 5.88 Å². The van der Waals surface area contributed by atoms with E-state index in [1.807, 2.05) is 38.3 Å². The van der Waals surface area contributed by atoms with Gasteiger partial charge in [0.25, 0.3) is 0 Å². The van der Waals surface area contributed by atoms with Gasteiger partial charge in [-0.05, 0) is 45.1 Å². The van der Waals surface area contributed by atoms with Crippen molar-refractivity contribution in [3.63, 3.8) is 0 Å². The molecule has 1 rings (SSSR count). The summed E-state index contributed by atoms with van der Waals surface area (Å²) in [5.41, 5.74) is 0.911. The second kappa shape index (κ2) is 6.78. The van der Waals surface area contributed by atoms with E-state index in [2.05, 4.69) is 4.40 Å². The zero-order valence-corrected chi connectivity index (χ0v) is 12.8. The number of alkyl halides is 1. The summed E-state index contributed by atoms with van der Waals surface area (Å²) < 4.78 is 16.1. The molecule has 0 spiro atoms. The fourth-order valence-corrected chi connectivity index (χ4v) is 2.73. The highest BCUT2D eigenvalue weighted by Crippen LogP contribution is 2.21. The lowest BCUT2D eigenvalue weighted by molar-refractivity contribution is 0.561. The molecule has 1 heterocycles. The van der Waals surface area contributed by atoms with Crippen LogP contribution in [0.25, 0.3) is 0 Å². The molecular formula is C12H18ClNOS2. The fraction of sp³-hybridized carbons (Fsp3) is 0.583. The van der Waals surface area contributed by atoms with Gasteiger partial charge in [0.05, 0.1) is 4.88 Å². The van der Waals surface area contributed by atoms with E-state index >= 15 is 0 Å². The van der Waals surface area contributed by atoms with Crippen LogP contribution in [0.15, 0.2) is 21.9 Å². The Hall–Kier alpha value is -0.0300. The Morgan fingerprint density at radius 2 is 2.24 bits per heavy atom. The monoisotopic (exact) mass is 291 g/mol. The average Bonchev–Trinajstić information content (AvgIpc) is 2.75. The molecule has 5 heteroatoms. The second-order valence-electron chi connectivity index (χ2n) is 4.67. The third-order valence-corrected chi connectivity index (χ3v) is 4.69. The first-order valence-electron chi connectivity index (χ1n) is 5.54. The molecule has 0 bridgehead atoms. The molecular weight excluding hydrogens is 274 g/mol. The van der Waals surface area contributed by atoms with Crippen molar-refractivity contribution in [1.82, 2.24) is 0 Å². The van der Waals surface area contributed by atoms with E-state index in [1.54, 1.807) is 11.3 Å². The van der Waals surface area contributed by atoms with Crippen LogP contribution < -0.4 is 0 Å². The number of nitrogens with zero attached hydrogens (tertiary/aromatic N) is 1. The van der Waals surface area contributed by atoms with Gasteiger partial charge in [-0.25, -0.2) is 0 Å². The molecule has 17 heavy (non-hydrogen) atoms. The lowest BCUT2D eigenvalue weighted by Crippen LogP contribution is -2.27. The van der Waals surface area contributed by atoms with Gasteiger partial charge in [-0.1, -0.05) is 10.5 Å². The minimum atomic E-state index is -1.20. The highest BCUT2D eigenvalue weighted by Gasteiger charge is 2.27. The zero-order chi connectivity index (χ0) is 12.9. The summed E-state index contributed by atoms with van der Waals surface area (Å²) in [5, 5.41) is 2.01. The van der Waals surface area contributed by atoms with Crippen molar-refractivity contribution in [1.29, 1.82) is 0 Å². The largest absolute Gasteiger partial charge is 0.591 e. The van der Waals surface area contributed by atoms with Crippen LogP contribution in [0.1, 0.15) is 38.5 Å². The van der Waals surface area contributed by atoms with Crippen molar-refractivity contribution in [2.24, 2.45) is 4.40 Å². The van der Waals surface area contributed by atoms with Crippen molar-refractivity contribution in [3.05, 3.63) is 22.4 Å². The molecule has 0 radical (unpaired) electrons. The molecule has 2 nitrogen and oxygen atoms in total. The molecule has 0 fully saturated rings. The molecule has 0 aliphatic heterocycles. The summed E-state index contributed by atoms with van der Waals surface area (Å²) in [4.78, 5) is 1.09. The molecule has 1 aromatic heterocycles. The van der Waals surface area contributed by atoms with Crippen LogP contribution in [0, 0.1) is 0 Å². The van der Waals surface area contributed by atoms with Crippen LogP contribution in [0.3, 0.4) is 0 Å².